The van der Waals surface area contributed by atoms with E-state index < -0.39 is 0 Å². The van der Waals surface area contributed by atoms with Crippen molar-refractivity contribution in [3.63, 3.8) is 0 Å². The topological polar surface area (TPSA) is 21.3 Å². The molecule has 1 saturated carbocycles. The normalized spacial score (nSPS) is 21.8. The molecule has 98 valence electrons. The second-order valence-corrected chi connectivity index (χ2v) is 5.69. The lowest BCUT2D eigenvalue weighted by Gasteiger charge is -2.30. The molecule has 2 aliphatic rings. The van der Waals surface area contributed by atoms with E-state index >= 15 is 0 Å². The molecule has 1 aromatic carbocycles. The molecule has 1 aliphatic carbocycles. The van der Waals surface area contributed by atoms with Crippen LogP contribution in [0.4, 0.5) is 0 Å². The van der Waals surface area contributed by atoms with E-state index in [1.165, 1.54) is 48.8 Å². The maximum atomic E-state index is 5.51. The Balaban J connectivity index is 1.82. The van der Waals surface area contributed by atoms with Gasteiger partial charge in [0.05, 0.1) is 13.2 Å². The molecular weight excluding hydrogens is 222 g/mol. The van der Waals surface area contributed by atoms with E-state index in [1.807, 2.05) is 0 Å². The maximum absolute atomic E-state index is 5.51. The Morgan fingerprint density at radius 2 is 1.89 bits per heavy atom. The van der Waals surface area contributed by atoms with Crippen molar-refractivity contribution in [3.8, 4) is 0 Å². The zero-order valence-electron chi connectivity index (χ0n) is 11.2. The van der Waals surface area contributed by atoms with Crippen LogP contribution in [0.15, 0.2) is 18.2 Å². The van der Waals surface area contributed by atoms with Gasteiger partial charge in [-0.05, 0) is 42.5 Å². The van der Waals surface area contributed by atoms with Gasteiger partial charge in [0, 0.05) is 6.04 Å². The van der Waals surface area contributed by atoms with Crippen molar-refractivity contribution in [1.82, 2.24) is 5.32 Å². The van der Waals surface area contributed by atoms with Crippen molar-refractivity contribution in [2.45, 2.75) is 51.4 Å². The van der Waals surface area contributed by atoms with E-state index in [-0.39, 0.29) is 0 Å². The van der Waals surface area contributed by atoms with Crippen molar-refractivity contribution in [2.75, 3.05) is 7.05 Å². The summed E-state index contributed by atoms with van der Waals surface area (Å²) in [5.41, 5.74) is 4.22. The average molecular weight is 245 g/mol. The Morgan fingerprint density at radius 1 is 1.11 bits per heavy atom. The van der Waals surface area contributed by atoms with Gasteiger partial charge in [0.1, 0.15) is 0 Å². The molecule has 0 spiro atoms. The number of ether oxygens (including phenoxy) is 1. The summed E-state index contributed by atoms with van der Waals surface area (Å²) in [5, 5.41) is 3.54. The minimum absolute atomic E-state index is 0.524. The van der Waals surface area contributed by atoms with Crippen LogP contribution in [0.5, 0.6) is 0 Å². The molecule has 18 heavy (non-hydrogen) atoms. The van der Waals surface area contributed by atoms with Gasteiger partial charge in [0.25, 0.3) is 0 Å². The molecule has 2 nitrogen and oxygen atoms in total. The van der Waals surface area contributed by atoms with Crippen molar-refractivity contribution >= 4 is 0 Å². The van der Waals surface area contributed by atoms with Crippen molar-refractivity contribution < 1.29 is 4.74 Å². The number of benzene rings is 1. The number of nitrogens with one attached hydrogen (secondary N) is 1. The Labute approximate surface area is 110 Å². The third-order valence-corrected chi connectivity index (χ3v) is 4.54. The fraction of sp³-hybridized carbons (Fsp3) is 0.625. The first-order chi connectivity index (χ1) is 8.88. The predicted octanol–water partition coefficient (Wildman–Crippen LogP) is 3.56. The third kappa shape index (κ3) is 2.32. The number of fused-ring (bicyclic) bond motifs is 1. The lowest BCUT2D eigenvalue weighted by atomic mass is 9.81. The van der Waals surface area contributed by atoms with Crippen LogP contribution in [0.1, 0.15) is 54.8 Å². The molecule has 0 bridgehead atoms. The Bertz CT molecular complexity index is 410. The standard InChI is InChI=1S/C16H23NO/c1-17-16(12-5-3-2-4-6-12)13-7-8-14-10-18-11-15(14)9-13/h7-9,12,16-17H,2-6,10-11H2,1H3. The summed E-state index contributed by atoms with van der Waals surface area (Å²) in [6.07, 6.45) is 6.97. The first-order valence-electron chi connectivity index (χ1n) is 7.25. The molecule has 0 amide bonds. The van der Waals surface area contributed by atoms with E-state index in [0.29, 0.717) is 6.04 Å². The second-order valence-electron chi connectivity index (χ2n) is 5.69. The Hall–Kier alpha value is -0.860. The summed E-state index contributed by atoms with van der Waals surface area (Å²) in [7, 11) is 2.10. The summed E-state index contributed by atoms with van der Waals surface area (Å²) < 4.78 is 5.51. The largest absolute Gasteiger partial charge is 0.372 e. The van der Waals surface area contributed by atoms with Crippen LogP contribution >= 0.6 is 0 Å². The molecule has 1 unspecified atom stereocenters. The molecular formula is C16H23NO. The SMILES string of the molecule is CNC(c1ccc2c(c1)COC2)C1CCCCC1. The fourth-order valence-electron chi connectivity index (χ4n) is 3.53. The van der Waals surface area contributed by atoms with Gasteiger partial charge >= 0.3 is 0 Å². The van der Waals surface area contributed by atoms with Gasteiger partial charge in [-0.15, -0.1) is 0 Å². The van der Waals surface area contributed by atoms with E-state index in [2.05, 4.69) is 30.6 Å². The molecule has 1 heterocycles. The van der Waals surface area contributed by atoms with E-state index in [9.17, 15) is 0 Å². The highest BCUT2D eigenvalue weighted by Gasteiger charge is 2.24. The van der Waals surface area contributed by atoms with Gasteiger partial charge in [-0.1, -0.05) is 37.5 Å². The minimum atomic E-state index is 0.524. The highest BCUT2D eigenvalue weighted by Crippen LogP contribution is 2.35. The molecule has 0 saturated heterocycles. The highest BCUT2D eigenvalue weighted by molar-refractivity contribution is 5.35. The molecule has 0 radical (unpaired) electrons. The molecule has 0 aromatic heterocycles. The fourth-order valence-corrected chi connectivity index (χ4v) is 3.53. The van der Waals surface area contributed by atoms with Crippen LogP contribution in [0.3, 0.4) is 0 Å². The molecule has 1 fully saturated rings. The van der Waals surface area contributed by atoms with Gasteiger partial charge < -0.3 is 10.1 Å². The van der Waals surface area contributed by atoms with E-state index in [0.717, 1.165) is 19.1 Å². The number of rotatable bonds is 3. The Kier molecular flexibility index (Phi) is 3.67. The molecule has 1 aliphatic heterocycles. The van der Waals surface area contributed by atoms with Crippen molar-refractivity contribution in [3.05, 3.63) is 34.9 Å². The van der Waals surface area contributed by atoms with Crippen LogP contribution in [0, 0.1) is 5.92 Å². The van der Waals surface area contributed by atoms with Gasteiger partial charge in [0.2, 0.25) is 0 Å². The number of hydrogen-bond acceptors (Lipinski definition) is 2. The molecule has 3 rings (SSSR count). The van der Waals surface area contributed by atoms with Gasteiger partial charge in [-0.25, -0.2) is 0 Å². The smallest absolute Gasteiger partial charge is 0.0725 e. The van der Waals surface area contributed by atoms with Gasteiger partial charge in [0.15, 0.2) is 0 Å². The Morgan fingerprint density at radius 3 is 2.67 bits per heavy atom. The third-order valence-electron chi connectivity index (χ3n) is 4.54. The lowest BCUT2D eigenvalue weighted by Crippen LogP contribution is -2.27. The van der Waals surface area contributed by atoms with Crippen LogP contribution in [-0.2, 0) is 18.0 Å². The van der Waals surface area contributed by atoms with Crippen molar-refractivity contribution in [2.24, 2.45) is 5.92 Å². The first-order valence-corrected chi connectivity index (χ1v) is 7.25. The molecule has 1 aromatic rings. The van der Waals surface area contributed by atoms with Crippen LogP contribution in [0.2, 0.25) is 0 Å². The van der Waals surface area contributed by atoms with E-state index in [4.69, 9.17) is 4.74 Å². The molecule has 2 heteroatoms. The highest BCUT2D eigenvalue weighted by atomic mass is 16.5. The quantitative estimate of drug-likeness (QED) is 0.879. The van der Waals surface area contributed by atoms with Crippen LogP contribution in [-0.4, -0.2) is 7.05 Å². The number of hydrogen-bond donors (Lipinski definition) is 1. The zero-order chi connectivity index (χ0) is 12.4. The van der Waals surface area contributed by atoms with Crippen LogP contribution in [0.25, 0.3) is 0 Å². The zero-order valence-corrected chi connectivity index (χ0v) is 11.2. The summed E-state index contributed by atoms with van der Waals surface area (Å²) in [4.78, 5) is 0. The summed E-state index contributed by atoms with van der Waals surface area (Å²) in [6.45, 7) is 1.59. The minimum Gasteiger partial charge on any atom is -0.372 e. The lowest BCUT2D eigenvalue weighted by molar-refractivity contribution is 0.134. The van der Waals surface area contributed by atoms with Gasteiger partial charge in [-0.2, -0.15) is 0 Å². The van der Waals surface area contributed by atoms with Crippen LogP contribution < -0.4 is 5.32 Å². The van der Waals surface area contributed by atoms with E-state index in [1.54, 1.807) is 0 Å². The summed E-state index contributed by atoms with van der Waals surface area (Å²) in [6, 6.07) is 7.43. The molecule has 1 atom stereocenters. The molecule has 1 N–H and O–H groups in total. The summed E-state index contributed by atoms with van der Waals surface area (Å²) in [5.74, 6) is 0.809. The summed E-state index contributed by atoms with van der Waals surface area (Å²) >= 11 is 0. The first kappa shape index (κ1) is 12.2. The average Bonchev–Trinajstić information content (AvgIpc) is 2.88. The maximum Gasteiger partial charge on any atom is 0.0725 e. The van der Waals surface area contributed by atoms with Crippen molar-refractivity contribution in [1.29, 1.82) is 0 Å². The predicted molar refractivity (Wildman–Crippen MR) is 73.3 cm³/mol. The second kappa shape index (κ2) is 5.41. The van der Waals surface area contributed by atoms with Gasteiger partial charge in [-0.3, -0.25) is 0 Å². The monoisotopic (exact) mass is 245 g/mol.